The first kappa shape index (κ1) is 25.7. The Balaban J connectivity index is 1.17. The van der Waals surface area contributed by atoms with Crippen molar-refractivity contribution in [1.29, 1.82) is 0 Å². The van der Waals surface area contributed by atoms with Crippen molar-refractivity contribution in [3.8, 4) is 0 Å². The first-order valence-electron chi connectivity index (χ1n) is 12.0. The molecule has 9 unspecified atom stereocenters. The highest BCUT2D eigenvalue weighted by molar-refractivity contribution is 7.87. The maximum absolute atomic E-state index is 13.6. The zero-order valence-electron chi connectivity index (χ0n) is 19.0. The van der Waals surface area contributed by atoms with E-state index in [4.69, 9.17) is 18.8 Å². The highest BCUT2D eigenvalue weighted by atomic mass is 32.2. The predicted molar refractivity (Wildman–Crippen MR) is 109 cm³/mol. The van der Waals surface area contributed by atoms with Gasteiger partial charge in [-0.2, -0.15) is 26.0 Å². The summed E-state index contributed by atoms with van der Waals surface area (Å²) in [7, 11) is -6.34. The number of halogens is 4. The van der Waals surface area contributed by atoms with Crippen LogP contribution in [0.15, 0.2) is 0 Å². The molecule has 1 aliphatic heterocycles. The number of hydrogen-bond acceptors (Lipinski definition) is 8. The molecule has 0 aromatic heterocycles. The van der Waals surface area contributed by atoms with Crippen molar-refractivity contribution in [2.75, 3.05) is 6.61 Å². The van der Waals surface area contributed by atoms with Crippen molar-refractivity contribution < 1.29 is 59.1 Å². The molecule has 202 valence electrons. The van der Waals surface area contributed by atoms with E-state index >= 15 is 0 Å². The van der Waals surface area contributed by atoms with Gasteiger partial charge in [-0.25, -0.2) is 0 Å². The first-order valence-corrected chi connectivity index (χ1v) is 13.5. The Morgan fingerprint density at radius 2 is 1.64 bits per heavy atom. The Morgan fingerprint density at radius 3 is 2.28 bits per heavy atom. The largest absolute Gasteiger partial charge is 0.465 e. The van der Waals surface area contributed by atoms with Gasteiger partial charge in [0.05, 0.1) is 24.4 Å². The van der Waals surface area contributed by atoms with Crippen LogP contribution < -0.4 is 0 Å². The van der Waals surface area contributed by atoms with Crippen LogP contribution in [-0.4, -0.2) is 60.9 Å². The molecule has 1 heterocycles. The van der Waals surface area contributed by atoms with Crippen molar-refractivity contribution >= 4 is 28.0 Å². The lowest BCUT2D eigenvalue weighted by Crippen LogP contribution is -2.46. The lowest BCUT2D eigenvalue weighted by molar-refractivity contribution is -0.175. The number of alkyl halides is 4. The van der Waals surface area contributed by atoms with Crippen LogP contribution in [0.1, 0.15) is 44.9 Å². The van der Waals surface area contributed by atoms with E-state index in [0.29, 0.717) is 25.7 Å². The van der Waals surface area contributed by atoms with Gasteiger partial charge < -0.3 is 14.2 Å². The number of esters is 3. The molecule has 4 saturated carbocycles. The molecule has 0 aromatic rings. The van der Waals surface area contributed by atoms with Crippen molar-refractivity contribution in [2.45, 2.75) is 68.3 Å². The molecule has 0 spiro atoms. The van der Waals surface area contributed by atoms with Crippen molar-refractivity contribution in [2.24, 2.45) is 41.4 Å². The molecule has 1 saturated heterocycles. The minimum absolute atomic E-state index is 0.0203. The maximum atomic E-state index is 13.6. The van der Waals surface area contributed by atoms with Crippen LogP contribution >= 0.6 is 0 Å². The molecule has 5 fully saturated rings. The summed E-state index contributed by atoms with van der Waals surface area (Å²) in [6.07, 6.45) is -0.172. The summed E-state index contributed by atoms with van der Waals surface area (Å²) in [6.45, 7) is -0.697. The van der Waals surface area contributed by atoms with E-state index in [-0.39, 0.29) is 35.6 Å². The van der Waals surface area contributed by atoms with Crippen molar-refractivity contribution in [3.63, 3.8) is 0 Å². The normalized spacial score (nSPS) is 38.9. The summed E-state index contributed by atoms with van der Waals surface area (Å²) in [6, 6.07) is 0. The summed E-state index contributed by atoms with van der Waals surface area (Å²) >= 11 is 0. The number of ether oxygens (including phenoxy) is 3. The van der Waals surface area contributed by atoms with Gasteiger partial charge >= 0.3 is 39.2 Å². The Kier molecular flexibility index (Phi) is 6.09. The molecule has 9 atom stereocenters. The second-order valence-corrected chi connectivity index (χ2v) is 12.1. The van der Waals surface area contributed by atoms with Gasteiger partial charge in [0.15, 0.2) is 0 Å². The molecule has 1 N–H and O–H groups in total. The fraction of sp³-hybridized carbons (Fsp3) is 0.864. The molecule has 4 aliphatic carbocycles. The van der Waals surface area contributed by atoms with E-state index in [1.807, 2.05) is 0 Å². The lowest BCUT2D eigenvalue weighted by Gasteiger charge is -2.31. The van der Waals surface area contributed by atoms with Crippen LogP contribution in [0.4, 0.5) is 17.6 Å². The number of hydrogen-bond donors (Lipinski definition) is 1. The second kappa shape index (κ2) is 8.53. The molecular weight excluding hydrogens is 516 g/mol. The topological polar surface area (TPSA) is 133 Å². The lowest BCUT2D eigenvalue weighted by atomic mass is 9.79. The molecule has 36 heavy (non-hydrogen) atoms. The van der Waals surface area contributed by atoms with Gasteiger partial charge in [0, 0.05) is 18.3 Å². The van der Waals surface area contributed by atoms with Gasteiger partial charge in [0.2, 0.25) is 0 Å². The number of rotatable bonds is 9. The fourth-order valence-corrected chi connectivity index (χ4v) is 7.62. The van der Waals surface area contributed by atoms with Crippen LogP contribution in [0, 0.1) is 41.4 Å². The molecular formula is C22H26F4O9S. The van der Waals surface area contributed by atoms with E-state index in [0.717, 1.165) is 6.42 Å². The fourth-order valence-electron chi connectivity index (χ4n) is 7.14. The third-order valence-electron chi connectivity index (χ3n) is 8.76. The Hall–Kier alpha value is -1.96. The molecule has 4 bridgehead atoms. The van der Waals surface area contributed by atoms with E-state index in [2.05, 4.69) is 0 Å². The zero-order chi connectivity index (χ0) is 26.2. The average Bonchev–Trinajstić information content (AvgIpc) is 3.57. The summed E-state index contributed by atoms with van der Waals surface area (Å²) < 4.78 is 99.7. The van der Waals surface area contributed by atoms with Crippen LogP contribution in [-0.2, 0) is 38.7 Å². The standard InChI is InChI=1S/C22H26F4O9S/c23-21(24,22(25,26)36(30,31)32)4-1-5-33-19(28)14-9-2-3-10(6-9)15(14)20(29)34-16-11-7-12-13(8-11)18(27)35-17(12)16/h9-17H,1-8H2,(H,30,31,32). The smallest absolute Gasteiger partial charge is 0.431 e. The van der Waals surface area contributed by atoms with Crippen LogP contribution in [0.3, 0.4) is 0 Å². The van der Waals surface area contributed by atoms with Gasteiger partial charge in [-0.15, -0.1) is 0 Å². The minimum atomic E-state index is -6.34. The monoisotopic (exact) mass is 542 g/mol. The second-order valence-electron chi connectivity index (χ2n) is 10.7. The van der Waals surface area contributed by atoms with Gasteiger partial charge in [-0.1, -0.05) is 0 Å². The van der Waals surface area contributed by atoms with Gasteiger partial charge in [0.25, 0.3) is 0 Å². The van der Waals surface area contributed by atoms with E-state index < -0.39 is 76.7 Å². The SMILES string of the molecule is O=C1OC2C3CC(CC13)C2OC(=O)C1C2CCC(C2)C1C(=O)OCCCC(F)(F)C(F)(F)S(=O)(=O)O. The van der Waals surface area contributed by atoms with Crippen LogP contribution in [0.2, 0.25) is 0 Å². The number of fused-ring (bicyclic) bond motifs is 3. The van der Waals surface area contributed by atoms with Crippen molar-refractivity contribution in [3.05, 3.63) is 0 Å². The zero-order valence-corrected chi connectivity index (χ0v) is 19.8. The molecule has 0 aromatic carbocycles. The average molecular weight is 543 g/mol. The first-order chi connectivity index (χ1) is 16.7. The summed E-state index contributed by atoms with van der Waals surface area (Å²) in [5, 5.41) is -5.68. The molecule has 0 amide bonds. The predicted octanol–water partition coefficient (Wildman–Crippen LogP) is 2.58. The van der Waals surface area contributed by atoms with E-state index in [9.17, 15) is 40.4 Å². The maximum Gasteiger partial charge on any atom is 0.431 e. The number of carbonyl (C=O) groups excluding carboxylic acids is 3. The summed E-state index contributed by atoms with van der Waals surface area (Å²) in [5.74, 6) is -8.79. The number of carbonyl (C=O) groups is 3. The Bertz CT molecular complexity index is 1060. The Labute approximate surface area is 203 Å². The third-order valence-corrected chi connectivity index (χ3v) is 9.70. The molecule has 9 nitrogen and oxygen atoms in total. The highest BCUT2D eigenvalue weighted by Crippen LogP contribution is 2.57. The quantitative estimate of drug-likeness (QED) is 0.153. The molecule has 0 radical (unpaired) electrons. The van der Waals surface area contributed by atoms with Crippen LogP contribution in [0.25, 0.3) is 0 Å². The van der Waals surface area contributed by atoms with E-state index in [1.54, 1.807) is 0 Å². The van der Waals surface area contributed by atoms with Gasteiger partial charge in [-0.05, 0) is 50.4 Å². The van der Waals surface area contributed by atoms with Gasteiger partial charge in [-0.3, -0.25) is 18.9 Å². The molecule has 5 aliphatic rings. The van der Waals surface area contributed by atoms with Crippen LogP contribution in [0.5, 0.6) is 0 Å². The Morgan fingerprint density at radius 1 is 1.00 bits per heavy atom. The third kappa shape index (κ3) is 3.89. The van der Waals surface area contributed by atoms with Gasteiger partial charge in [0.1, 0.15) is 12.2 Å². The highest BCUT2D eigenvalue weighted by Gasteiger charge is 2.66. The molecule has 5 rings (SSSR count). The summed E-state index contributed by atoms with van der Waals surface area (Å²) in [4.78, 5) is 37.9. The molecule has 14 heteroatoms. The minimum Gasteiger partial charge on any atom is -0.465 e. The van der Waals surface area contributed by atoms with E-state index in [1.165, 1.54) is 0 Å². The summed E-state index contributed by atoms with van der Waals surface area (Å²) in [5.41, 5.74) is 0. The van der Waals surface area contributed by atoms with Crippen molar-refractivity contribution in [1.82, 2.24) is 0 Å².